The molecule has 2 aromatic rings. The van der Waals surface area contributed by atoms with Crippen LogP contribution < -0.4 is 4.74 Å². The Morgan fingerprint density at radius 3 is 2.20 bits per heavy atom. The molecular formula is C22H28ClNO. The number of ether oxygens (including phenoxy) is 1. The molecule has 25 heavy (non-hydrogen) atoms. The average Bonchev–Trinajstić information content (AvgIpc) is 2.65. The van der Waals surface area contributed by atoms with E-state index < -0.39 is 0 Å². The fourth-order valence-electron chi connectivity index (χ4n) is 4.28. The van der Waals surface area contributed by atoms with Crippen LogP contribution >= 0.6 is 12.4 Å². The van der Waals surface area contributed by atoms with Crippen LogP contribution in [0.15, 0.2) is 54.6 Å². The Morgan fingerprint density at radius 2 is 1.56 bits per heavy atom. The van der Waals surface area contributed by atoms with E-state index in [-0.39, 0.29) is 12.4 Å². The van der Waals surface area contributed by atoms with Gasteiger partial charge in [-0.15, -0.1) is 12.4 Å². The zero-order valence-corrected chi connectivity index (χ0v) is 15.6. The first-order valence-corrected chi connectivity index (χ1v) is 9.35. The van der Waals surface area contributed by atoms with Crippen molar-refractivity contribution in [2.24, 2.45) is 11.8 Å². The zero-order valence-electron chi connectivity index (χ0n) is 14.8. The molecule has 3 fully saturated rings. The molecule has 3 aliphatic rings. The fourth-order valence-corrected chi connectivity index (χ4v) is 4.28. The van der Waals surface area contributed by atoms with Crippen molar-refractivity contribution in [1.29, 1.82) is 0 Å². The summed E-state index contributed by atoms with van der Waals surface area (Å²) < 4.78 is 6.00. The second kappa shape index (κ2) is 8.73. The molecule has 0 radical (unpaired) electrons. The minimum absolute atomic E-state index is 0. The number of halogens is 1. The molecule has 3 heterocycles. The summed E-state index contributed by atoms with van der Waals surface area (Å²) in [4.78, 5) is 2.63. The molecule has 0 saturated carbocycles. The van der Waals surface area contributed by atoms with Gasteiger partial charge in [0.2, 0.25) is 0 Å². The molecule has 0 amide bonds. The molecule has 0 spiro atoms. The molecule has 2 aromatic carbocycles. The number of benzene rings is 2. The second-order valence-electron chi connectivity index (χ2n) is 7.34. The summed E-state index contributed by atoms with van der Waals surface area (Å²) in [6.07, 6.45) is 4.99. The molecule has 3 aliphatic heterocycles. The molecule has 1 atom stereocenters. The number of nitrogens with zero attached hydrogens (tertiary/aromatic N) is 1. The van der Waals surface area contributed by atoms with Crippen LogP contribution in [0.4, 0.5) is 0 Å². The van der Waals surface area contributed by atoms with Crippen LogP contribution in [0.2, 0.25) is 0 Å². The molecule has 0 aromatic heterocycles. The maximum Gasteiger partial charge on any atom is 0.119 e. The highest BCUT2D eigenvalue weighted by atomic mass is 35.5. The third kappa shape index (κ3) is 4.77. The Hall–Kier alpha value is -1.51. The first kappa shape index (κ1) is 18.3. The summed E-state index contributed by atoms with van der Waals surface area (Å²) in [6.45, 7) is 4.80. The Balaban J connectivity index is 0.00000182. The third-order valence-corrected chi connectivity index (χ3v) is 5.72. The van der Waals surface area contributed by atoms with E-state index in [1.165, 1.54) is 50.0 Å². The highest BCUT2D eigenvalue weighted by Gasteiger charge is 2.33. The second-order valence-corrected chi connectivity index (χ2v) is 7.34. The van der Waals surface area contributed by atoms with Crippen LogP contribution in [0.3, 0.4) is 0 Å². The van der Waals surface area contributed by atoms with Gasteiger partial charge in [-0.05, 0) is 73.9 Å². The molecule has 0 aliphatic carbocycles. The van der Waals surface area contributed by atoms with Crippen molar-refractivity contribution in [3.05, 3.63) is 65.7 Å². The van der Waals surface area contributed by atoms with Gasteiger partial charge in [0.1, 0.15) is 5.75 Å². The third-order valence-electron chi connectivity index (χ3n) is 5.72. The van der Waals surface area contributed by atoms with Crippen molar-refractivity contribution in [2.45, 2.75) is 25.7 Å². The molecule has 3 heteroatoms. The Kier molecular flexibility index (Phi) is 6.39. The molecule has 1 unspecified atom stereocenters. The summed E-state index contributed by atoms with van der Waals surface area (Å²) in [6, 6.07) is 19.2. The number of hydrogen-bond donors (Lipinski definition) is 0. The molecular weight excluding hydrogens is 330 g/mol. The first-order chi connectivity index (χ1) is 11.9. The zero-order chi connectivity index (χ0) is 16.2. The first-order valence-electron chi connectivity index (χ1n) is 9.35. The van der Waals surface area contributed by atoms with Crippen molar-refractivity contribution >= 4 is 12.4 Å². The van der Waals surface area contributed by atoms with E-state index in [0.717, 1.165) is 30.6 Å². The SMILES string of the molecule is Cl.c1ccc(Cc2ccc(OCCC3CN4CCC3CC4)cc2)cc1. The van der Waals surface area contributed by atoms with Gasteiger partial charge in [-0.1, -0.05) is 42.5 Å². The highest BCUT2D eigenvalue weighted by molar-refractivity contribution is 5.85. The van der Waals surface area contributed by atoms with Crippen LogP contribution in [0.25, 0.3) is 0 Å². The standard InChI is InChI=1S/C22H27NO.ClH/c1-2-4-18(5-3-1)16-19-6-8-22(9-7-19)24-15-12-21-17-23-13-10-20(21)11-14-23;/h1-9,20-21H,10-17H2;1H. The maximum absolute atomic E-state index is 6.00. The highest BCUT2D eigenvalue weighted by Crippen LogP contribution is 2.34. The summed E-state index contributed by atoms with van der Waals surface area (Å²) in [5, 5.41) is 0. The van der Waals surface area contributed by atoms with E-state index in [0.29, 0.717) is 0 Å². The van der Waals surface area contributed by atoms with Crippen LogP contribution in [-0.4, -0.2) is 31.1 Å². The summed E-state index contributed by atoms with van der Waals surface area (Å²) in [5.74, 6) is 2.81. The Bertz CT molecular complexity index is 635. The molecule has 3 saturated heterocycles. The van der Waals surface area contributed by atoms with E-state index in [2.05, 4.69) is 59.5 Å². The predicted molar refractivity (Wildman–Crippen MR) is 106 cm³/mol. The van der Waals surface area contributed by atoms with Gasteiger partial charge in [-0.25, -0.2) is 0 Å². The summed E-state index contributed by atoms with van der Waals surface area (Å²) in [5.41, 5.74) is 2.69. The molecule has 134 valence electrons. The lowest BCUT2D eigenvalue weighted by Gasteiger charge is -2.44. The van der Waals surface area contributed by atoms with Gasteiger partial charge in [0.15, 0.2) is 0 Å². The van der Waals surface area contributed by atoms with Crippen LogP contribution in [-0.2, 0) is 6.42 Å². The minimum atomic E-state index is 0. The molecule has 2 nitrogen and oxygen atoms in total. The lowest BCUT2D eigenvalue weighted by molar-refractivity contribution is 0.0397. The van der Waals surface area contributed by atoms with Crippen LogP contribution in [0.1, 0.15) is 30.4 Å². The van der Waals surface area contributed by atoms with Gasteiger partial charge < -0.3 is 9.64 Å². The monoisotopic (exact) mass is 357 g/mol. The van der Waals surface area contributed by atoms with Gasteiger partial charge >= 0.3 is 0 Å². The number of hydrogen-bond acceptors (Lipinski definition) is 2. The van der Waals surface area contributed by atoms with Gasteiger partial charge in [-0.2, -0.15) is 0 Å². The summed E-state index contributed by atoms with van der Waals surface area (Å²) >= 11 is 0. The number of piperidine rings is 3. The predicted octanol–water partition coefficient (Wildman–Crippen LogP) is 4.81. The van der Waals surface area contributed by atoms with Crippen molar-refractivity contribution in [1.82, 2.24) is 4.90 Å². The molecule has 0 N–H and O–H groups in total. The van der Waals surface area contributed by atoms with Crippen LogP contribution in [0.5, 0.6) is 5.75 Å². The van der Waals surface area contributed by atoms with Crippen LogP contribution in [0, 0.1) is 11.8 Å². The van der Waals surface area contributed by atoms with Crippen molar-refractivity contribution in [2.75, 3.05) is 26.2 Å². The smallest absolute Gasteiger partial charge is 0.119 e. The Labute approximate surface area is 157 Å². The molecule has 2 bridgehead atoms. The van der Waals surface area contributed by atoms with E-state index in [1.807, 2.05) is 0 Å². The average molecular weight is 358 g/mol. The number of fused-ring (bicyclic) bond motifs is 3. The molecule has 5 rings (SSSR count). The normalized spacial score (nSPS) is 24.6. The van der Waals surface area contributed by atoms with Gasteiger partial charge in [-0.3, -0.25) is 0 Å². The van der Waals surface area contributed by atoms with Gasteiger partial charge in [0.05, 0.1) is 6.61 Å². The largest absolute Gasteiger partial charge is 0.494 e. The Morgan fingerprint density at radius 1 is 0.880 bits per heavy atom. The quantitative estimate of drug-likeness (QED) is 0.735. The van der Waals surface area contributed by atoms with E-state index in [4.69, 9.17) is 4.74 Å². The maximum atomic E-state index is 6.00. The topological polar surface area (TPSA) is 12.5 Å². The lowest BCUT2D eigenvalue weighted by Crippen LogP contribution is -2.47. The van der Waals surface area contributed by atoms with Gasteiger partial charge in [0.25, 0.3) is 0 Å². The van der Waals surface area contributed by atoms with E-state index >= 15 is 0 Å². The lowest BCUT2D eigenvalue weighted by atomic mass is 9.78. The number of rotatable bonds is 6. The summed E-state index contributed by atoms with van der Waals surface area (Å²) in [7, 11) is 0. The van der Waals surface area contributed by atoms with E-state index in [9.17, 15) is 0 Å². The van der Waals surface area contributed by atoms with Crippen molar-refractivity contribution < 1.29 is 4.74 Å². The fraction of sp³-hybridized carbons (Fsp3) is 0.455. The van der Waals surface area contributed by atoms with Crippen molar-refractivity contribution in [3.63, 3.8) is 0 Å². The van der Waals surface area contributed by atoms with Crippen molar-refractivity contribution in [3.8, 4) is 5.75 Å². The van der Waals surface area contributed by atoms with Gasteiger partial charge in [0, 0.05) is 6.54 Å². The van der Waals surface area contributed by atoms with E-state index in [1.54, 1.807) is 0 Å². The minimum Gasteiger partial charge on any atom is -0.494 e.